The third-order valence-electron chi connectivity index (χ3n) is 0. The molecule has 0 atom stereocenters. The van der Waals surface area contributed by atoms with Crippen molar-refractivity contribution in [1.82, 2.24) is 0 Å². The Morgan fingerprint density at radius 1 is 1.20 bits per heavy atom. The van der Waals surface area contributed by atoms with Crippen LogP contribution in [0.4, 0.5) is 0 Å². The van der Waals surface area contributed by atoms with E-state index in [9.17, 15) is 0 Å². The predicted octanol–water partition coefficient (Wildman–Crippen LogP) is -1.57. The van der Waals surface area contributed by atoms with Crippen molar-refractivity contribution in [2.75, 3.05) is 0 Å². The van der Waals surface area contributed by atoms with E-state index in [1.54, 1.807) is 0 Å². The van der Waals surface area contributed by atoms with Crippen LogP contribution in [0.2, 0.25) is 0 Å². The summed E-state index contributed by atoms with van der Waals surface area (Å²) in [7, 11) is 5.44. The Morgan fingerprint density at radius 3 is 1.20 bits per heavy atom. The Hall–Kier alpha value is 2.67. The van der Waals surface area contributed by atoms with Crippen molar-refractivity contribution in [3.05, 3.63) is 0 Å². The van der Waals surface area contributed by atoms with E-state index < -0.39 is 0 Å². The van der Waals surface area contributed by atoms with E-state index in [1.807, 2.05) is 0 Å². The molecule has 0 saturated heterocycles. The summed E-state index contributed by atoms with van der Waals surface area (Å²) >= 11 is 0. The zero-order chi connectivity index (χ0) is 2.00. The average Bonchev–Trinajstić information content (AvgIpc) is 1.00. The molecule has 0 saturated carbocycles. The molecule has 0 aromatic heterocycles. The second kappa shape index (κ2) is 30.1. The molecule has 0 fully saturated rings. The maximum Gasteiger partial charge on any atom is 0.0434 e. The van der Waals surface area contributed by atoms with Gasteiger partial charge in [-0.1, -0.05) is 0 Å². The van der Waals surface area contributed by atoms with Crippen molar-refractivity contribution in [2.24, 2.45) is 0 Å². The first-order valence-electron chi connectivity index (χ1n) is 0.577. The van der Waals surface area contributed by atoms with Gasteiger partial charge in [0.2, 0.25) is 0 Å². The minimum atomic E-state index is 0. The first-order valence-corrected chi connectivity index (χ1v) is 1.73. The number of rotatable bonds is 0. The van der Waals surface area contributed by atoms with Crippen LogP contribution in [0.5, 0.6) is 0 Å². The van der Waals surface area contributed by atoms with E-state index in [4.69, 9.17) is 0 Å². The van der Waals surface area contributed by atoms with Crippen LogP contribution in [0.25, 0.3) is 0 Å². The first-order chi connectivity index (χ1) is 1.00. The average molecular weight is 306 g/mol. The van der Waals surface area contributed by atoms with Gasteiger partial charge in [0.25, 0.3) is 0 Å². The van der Waals surface area contributed by atoms with E-state index in [2.05, 4.69) is 7.44 Å². The van der Waals surface area contributed by atoms with E-state index in [1.165, 1.54) is 0 Å². The van der Waals surface area contributed by atoms with E-state index in [-0.39, 0.29) is 75.0 Å². The Labute approximate surface area is 90.9 Å². The third kappa shape index (κ3) is 20.4. The summed E-state index contributed by atoms with van der Waals surface area (Å²) in [6.07, 6.45) is 0. The maximum absolute atomic E-state index is 4.64. The fourth-order valence-electron chi connectivity index (χ4n) is 0. The SMILES string of the molecule is [B][SiH3].[Cu].[Fe].[Nd]. The Balaban J connectivity index is -0.00000000167. The van der Waals surface area contributed by atoms with Crippen molar-refractivity contribution in [3.63, 3.8) is 0 Å². The van der Waals surface area contributed by atoms with Gasteiger partial charge in [0.05, 0.1) is 0 Å². The Morgan fingerprint density at radius 2 is 1.20 bits per heavy atom. The van der Waals surface area contributed by atoms with Gasteiger partial charge in [0.15, 0.2) is 0 Å². The molecule has 0 aliphatic carbocycles. The van der Waals surface area contributed by atoms with Crippen molar-refractivity contribution >= 4 is 17.6 Å². The molecule has 33 valence electrons. The molecule has 0 aliphatic rings. The summed E-state index contributed by atoms with van der Waals surface area (Å²) in [5, 5.41) is 0. The Kier molecular flexibility index (Phi) is 152. The molecule has 3 radical (unpaired) electrons. The topological polar surface area (TPSA) is 0 Å². The molecule has 0 unspecified atom stereocenters. The molecule has 5 heteroatoms. The van der Waals surface area contributed by atoms with Crippen LogP contribution >= 0.6 is 0 Å². The van der Waals surface area contributed by atoms with E-state index in [0.29, 0.717) is 0 Å². The summed E-state index contributed by atoms with van der Waals surface area (Å²) in [6, 6.07) is 0. The largest absolute Gasteiger partial charge is 0.0434 e. The maximum atomic E-state index is 4.64. The van der Waals surface area contributed by atoms with Gasteiger partial charge in [0, 0.05) is 82.4 Å². The molecule has 0 nitrogen and oxygen atoms in total. The minimum absolute atomic E-state index is 0. The predicted molar refractivity (Wildman–Crippen MR) is 15.7 cm³/mol. The van der Waals surface area contributed by atoms with Crippen molar-refractivity contribution in [1.29, 1.82) is 0 Å². The summed E-state index contributed by atoms with van der Waals surface area (Å²) in [4.78, 5) is 0. The second-order valence-corrected chi connectivity index (χ2v) is 0. The molecule has 0 bridgehead atoms. The molecular weight excluding hydrogens is 303 g/mol. The molecule has 0 aromatic carbocycles. The smallest absolute Gasteiger partial charge is 0.0388 e. The van der Waals surface area contributed by atoms with Crippen LogP contribution < -0.4 is 0 Å². The quantitative estimate of drug-likeness (QED) is 0.475. The molecule has 0 aromatic rings. The number of hydrogen-bond donors (Lipinski definition) is 0. The van der Waals surface area contributed by atoms with E-state index >= 15 is 0 Å². The van der Waals surface area contributed by atoms with Crippen LogP contribution in [0.3, 0.4) is 0 Å². The van der Waals surface area contributed by atoms with Crippen LogP contribution in [-0.4, -0.2) is 17.6 Å². The van der Waals surface area contributed by atoms with Gasteiger partial charge in [-0.15, -0.1) is 0 Å². The van der Waals surface area contributed by atoms with Gasteiger partial charge in [-0.25, -0.2) is 0 Å². The van der Waals surface area contributed by atoms with E-state index in [0.717, 1.165) is 10.1 Å². The molecular formula is H3BCuFeNdSi. The summed E-state index contributed by atoms with van der Waals surface area (Å²) < 4.78 is 0. The van der Waals surface area contributed by atoms with Gasteiger partial charge in [-0.2, -0.15) is 0 Å². The molecule has 0 N–H and O–H groups in total. The van der Waals surface area contributed by atoms with Crippen LogP contribution in [0.15, 0.2) is 0 Å². The monoisotopic (exact) mass is 303 g/mol. The molecule has 0 aliphatic heterocycles. The third-order valence-corrected chi connectivity index (χ3v) is 0. The fourth-order valence-corrected chi connectivity index (χ4v) is 0. The van der Waals surface area contributed by atoms with Gasteiger partial charge in [0.1, 0.15) is 0 Å². The first kappa shape index (κ1) is 25.3. The number of hydrogen-bond acceptors (Lipinski definition) is 0. The minimum Gasteiger partial charge on any atom is -0.0388 e. The van der Waals surface area contributed by atoms with Crippen LogP contribution in [0, 0.1) is 40.8 Å². The zero-order valence-electron chi connectivity index (χ0n) is 2.73. The molecule has 0 rings (SSSR count). The summed E-state index contributed by atoms with van der Waals surface area (Å²) in [5.41, 5.74) is 0. The van der Waals surface area contributed by atoms with Gasteiger partial charge < -0.3 is 0 Å². The van der Waals surface area contributed by atoms with Crippen molar-refractivity contribution < 1.29 is 75.0 Å². The van der Waals surface area contributed by atoms with Crippen LogP contribution in [0.1, 0.15) is 0 Å². The molecule has 0 heterocycles. The second-order valence-electron chi connectivity index (χ2n) is 0. The van der Waals surface area contributed by atoms with Crippen molar-refractivity contribution in [2.45, 2.75) is 0 Å². The Bertz CT molecular complexity index is 11.6. The summed E-state index contributed by atoms with van der Waals surface area (Å²) in [6.45, 7) is 0. The zero-order valence-corrected chi connectivity index (χ0v) is 9.99. The molecule has 0 spiro atoms. The standard InChI is InChI=1S/BH3Si.Cu.Fe.Nd/c1-2;;;/h2H3;;;. The van der Waals surface area contributed by atoms with Crippen molar-refractivity contribution in [3.8, 4) is 0 Å². The van der Waals surface area contributed by atoms with Gasteiger partial charge >= 0.3 is 0 Å². The van der Waals surface area contributed by atoms with Crippen LogP contribution in [-0.2, 0) is 34.1 Å². The van der Waals surface area contributed by atoms with Gasteiger partial charge in [-0.3, -0.25) is 0 Å². The normalized spacial score (nSPS) is 1.60. The summed E-state index contributed by atoms with van der Waals surface area (Å²) in [5.74, 6) is 0. The van der Waals surface area contributed by atoms with Gasteiger partial charge in [-0.05, 0) is 10.1 Å². The molecule has 5 heavy (non-hydrogen) atoms. The fraction of sp³-hybridized carbons (Fsp3) is 0. The molecule has 0 amide bonds.